The second-order valence-electron chi connectivity index (χ2n) is 8.84. The van der Waals surface area contributed by atoms with E-state index in [1.807, 2.05) is 24.6 Å². The Morgan fingerprint density at radius 2 is 1.69 bits per heavy atom. The Kier molecular flexibility index (Phi) is 8.83. The van der Waals surface area contributed by atoms with Crippen LogP contribution >= 0.6 is 0 Å². The first-order valence-corrected chi connectivity index (χ1v) is 11.7. The van der Waals surface area contributed by atoms with Gasteiger partial charge in [-0.15, -0.1) is 0 Å². The van der Waals surface area contributed by atoms with E-state index in [1.54, 1.807) is 42.5 Å². The number of methoxy groups -OCH3 is 1. The van der Waals surface area contributed by atoms with Gasteiger partial charge in [0.2, 0.25) is 0 Å². The van der Waals surface area contributed by atoms with E-state index in [2.05, 4.69) is 29.6 Å². The monoisotopic (exact) mass is 492 g/mol. The lowest BCUT2D eigenvalue weighted by Gasteiger charge is -2.10. The molecule has 0 saturated carbocycles. The largest absolute Gasteiger partial charge is 0.495 e. The molecule has 1 aromatic heterocycles. The summed E-state index contributed by atoms with van der Waals surface area (Å²) in [4.78, 5) is 37.1. The predicted octanol–water partition coefficient (Wildman–Crippen LogP) is 4.14. The van der Waals surface area contributed by atoms with Crippen LogP contribution in [-0.4, -0.2) is 41.3 Å². The molecule has 190 valence electrons. The minimum Gasteiger partial charge on any atom is -0.495 e. The van der Waals surface area contributed by atoms with Gasteiger partial charge in [0.1, 0.15) is 5.75 Å². The lowest BCUT2D eigenvalue weighted by atomic mass is 10.1. The molecule has 0 unspecified atom stereocenters. The summed E-state index contributed by atoms with van der Waals surface area (Å²) < 4.78 is 12.3. The molecule has 2 N–H and O–H groups in total. The number of nitrogens with zero attached hydrogens (tertiary/aromatic N) is 2. The molecule has 0 radical (unpaired) electrons. The Morgan fingerprint density at radius 3 is 2.36 bits per heavy atom. The number of carbonyl (C=O) groups is 3. The number of hydrogen-bond acceptors (Lipinski definition) is 6. The van der Waals surface area contributed by atoms with E-state index in [9.17, 15) is 14.4 Å². The highest BCUT2D eigenvalue weighted by molar-refractivity contribution is 6.05. The van der Waals surface area contributed by atoms with Crippen molar-refractivity contribution in [2.75, 3.05) is 24.4 Å². The summed E-state index contributed by atoms with van der Waals surface area (Å²) in [5.74, 6) is -0.294. The summed E-state index contributed by atoms with van der Waals surface area (Å²) in [6, 6.07) is 13.5. The van der Waals surface area contributed by atoms with Gasteiger partial charge in [-0.05, 0) is 56.2 Å². The van der Waals surface area contributed by atoms with Gasteiger partial charge in [0.25, 0.3) is 11.8 Å². The molecule has 0 saturated heterocycles. The fourth-order valence-corrected chi connectivity index (χ4v) is 3.70. The van der Waals surface area contributed by atoms with Gasteiger partial charge in [-0.3, -0.25) is 19.1 Å². The normalized spacial score (nSPS) is 10.7. The Morgan fingerprint density at radius 1 is 1.00 bits per heavy atom. The number of esters is 1. The summed E-state index contributed by atoms with van der Waals surface area (Å²) in [5, 5.41) is 9.95. The van der Waals surface area contributed by atoms with Crippen LogP contribution in [0.2, 0.25) is 0 Å². The van der Waals surface area contributed by atoms with E-state index < -0.39 is 18.5 Å². The molecule has 0 bridgehead atoms. The van der Waals surface area contributed by atoms with Crippen LogP contribution in [0.5, 0.6) is 5.75 Å². The highest BCUT2D eigenvalue weighted by Crippen LogP contribution is 2.24. The zero-order valence-corrected chi connectivity index (χ0v) is 21.3. The van der Waals surface area contributed by atoms with Gasteiger partial charge < -0.3 is 20.1 Å². The minimum absolute atomic E-state index is 0.0546. The van der Waals surface area contributed by atoms with Crippen LogP contribution in [0.25, 0.3) is 0 Å². The first kappa shape index (κ1) is 26.5. The van der Waals surface area contributed by atoms with Crippen molar-refractivity contribution in [3.8, 4) is 5.75 Å². The maximum absolute atomic E-state index is 12.5. The minimum atomic E-state index is -0.496. The van der Waals surface area contributed by atoms with E-state index in [0.29, 0.717) is 28.6 Å². The molecule has 2 amide bonds. The molecular formula is C27H32N4O5. The molecule has 0 fully saturated rings. The number of ether oxygens (including phenoxy) is 2. The van der Waals surface area contributed by atoms with E-state index in [-0.39, 0.29) is 12.3 Å². The SMILES string of the molecule is COc1ccccc1NC(=O)c1ccc(NC(=O)COC(=O)Cc2c(C)nn(CC(C)C)c2C)cc1. The first-order chi connectivity index (χ1) is 17.2. The van der Waals surface area contributed by atoms with Crippen LogP contribution in [-0.2, 0) is 27.3 Å². The molecular weight excluding hydrogens is 460 g/mol. The quantitative estimate of drug-likeness (QED) is 0.412. The molecule has 0 aliphatic rings. The average Bonchev–Trinajstić information content (AvgIpc) is 3.10. The van der Waals surface area contributed by atoms with Crippen molar-refractivity contribution < 1.29 is 23.9 Å². The van der Waals surface area contributed by atoms with Crippen LogP contribution in [0.15, 0.2) is 48.5 Å². The lowest BCUT2D eigenvalue weighted by molar-refractivity contribution is -0.146. The van der Waals surface area contributed by atoms with Crippen LogP contribution in [0.1, 0.15) is 41.2 Å². The van der Waals surface area contributed by atoms with Crippen molar-refractivity contribution in [3.63, 3.8) is 0 Å². The standard InChI is InChI=1S/C27H32N4O5/c1-17(2)15-31-19(4)22(18(3)30-31)14-26(33)36-16-25(32)28-21-12-10-20(11-13-21)27(34)29-23-8-6-7-9-24(23)35-5/h6-13,17H,14-16H2,1-5H3,(H,28,32)(H,29,34). The van der Waals surface area contributed by atoms with E-state index in [4.69, 9.17) is 9.47 Å². The number of benzene rings is 2. The van der Waals surface area contributed by atoms with Crippen molar-refractivity contribution in [3.05, 3.63) is 71.0 Å². The van der Waals surface area contributed by atoms with E-state index >= 15 is 0 Å². The molecule has 0 spiro atoms. The number of aromatic nitrogens is 2. The second-order valence-corrected chi connectivity index (χ2v) is 8.84. The van der Waals surface area contributed by atoms with Crippen molar-refractivity contribution in [1.82, 2.24) is 9.78 Å². The van der Waals surface area contributed by atoms with Gasteiger partial charge in [-0.1, -0.05) is 26.0 Å². The van der Waals surface area contributed by atoms with Crippen LogP contribution in [0, 0.1) is 19.8 Å². The molecule has 36 heavy (non-hydrogen) atoms. The molecule has 3 rings (SSSR count). The Labute approximate surface area is 210 Å². The van der Waals surface area contributed by atoms with Gasteiger partial charge in [0.05, 0.1) is 24.9 Å². The Hall–Kier alpha value is -4.14. The van der Waals surface area contributed by atoms with Gasteiger partial charge >= 0.3 is 5.97 Å². The summed E-state index contributed by atoms with van der Waals surface area (Å²) in [7, 11) is 1.53. The second kappa shape index (κ2) is 12.0. The first-order valence-electron chi connectivity index (χ1n) is 11.7. The molecule has 0 atom stereocenters. The number of carbonyl (C=O) groups excluding carboxylic acids is 3. The third-order valence-electron chi connectivity index (χ3n) is 5.54. The van der Waals surface area contributed by atoms with E-state index in [0.717, 1.165) is 23.5 Å². The number of anilines is 2. The zero-order valence-electron chi connectivity index (χ0n) is 21.3. The number of rotatable bonds is 10. The van der Waals surface area contributed by atoms with Crippen LogP contribution in [0.4, 0.5) is 11.4 Å². The highest BCUT2D eigenvalue weighted by atomic mass is 16.5. The van der Waals surface area contributed by atoms with Gasteiger partial charge in [-0.25, -0.2) is 0 Å². The fraction of sp³-hybridized carbons (Fsp3) is 0.333. The number of para-hydroxylation sites is 2. The van der Waals surface area contributed by atoms with Gasteiger partial charge in [-0.2, -0.15) is 5.10 Å². The lowest BCUT2D eigenvalue weighted by Crippen LogP contribution is -2.22. The zero-order chi connectivity index (χ0) is 26.2. The van der Waals surface area contributed by atoms with Crippen LogP contribution < -0.4 is 15.4 Å². The predicted molar refractivity (Wildman–Crippen MR) is 137 cm³/mol. The van der Waals surface area contributed by atoms with Gasteiger partial charge in [0.15, 0.2) is 6.61 Å². The number of hydrogen-bond donors (Lipinski definition) is 2. The number of aryl methyl sites for hydroxylation is 1. The Balaban J connectivity index is 1.50. The molecule has 0 aliphatic heterocycles. The number of amides is 2. The molecule has 9 heteroatoms. The molecule has 1 heterocycles. The summed E-state index contributed by atoms with van der Waals surface area (Å²) in [5.41, 5.74) is 3.98. The van der Waals surface area contributed by atoms with Gasteiger partial charge in [0, 0.05) is 29.1 Å². The maximum atomic E-state index is 12.5. The van der Waals surface area contributed by atoms with Crippen molar-refractivity contribution >= 4 is 29.2 Å². The number of nitrogens with one attached hydrogen (secondary N) is 2. The third kappa shape index (κ3) is 6.94. The van der Waals surface area contributed by atoms with Crippen LogP contribution in [0.3, 0.4) is 0 Å². The fourth-order valence-electron chi connectivity index (χ4n) is 3.70. The van der Waals surface area contributed by atoms with Crippen molar-refractivity contribution in [2.24, 2.45) is 5.92 Å². The van der Waals surface area contributed by atoms with E-state index in [1.165, 1.54) is 7.11 Å². The van der Waals surface area contributed by atoms with Crippen molar-refractivity contribution in [2.45, 2.75) is 40.7 Å². The summed E-state index contributed by atoms with van der Waals surface area (Å²) in [6.45, 7) is 8.36. The third-order valence-corrected chi connectivity index (χ3v) is 5.54. The summed E-state index contributed by atoms with van der Waals surface area (Å²) in [6.07, 6.45) is 0.0546. The smallest absolute Gasteiger partial charge is 0.310 e. The molecule has 2 aromatic carbocycles. The topological polar surface area (TPSA) is 112 Å². The van der Waals surface area contributed by atoms with Crippen molar-refractivity contribution in [1.29, 1.82) is 0 Å². The molecule has 3 aromatic rings. The Bertz CT molecular complexity index is 1230. The summed E-state index contributed by atoms with van der Waals surface area (Å²) >= 11 is 0. The highest BCUT2D eigenvalue weighted by Gasteiger charge is 2.17. The molecule has 9 nitrogen and oxygen atoms in total. The molecule has 0 aliphatic carbocycles. The average molecular weight is 493 g/mol. The maximum Gasteiger partial charge on any atom is 0.310 e.